The fourth-order valence-corrected chi connectivity index (χ4v) is 3.67. The summed E-state index contributed by atoms with van der Waals surface area (Å²) < 4.78 is 5.38. The molecule has 4 rings (SSSR count). The van der Waals surface area contributed by atoms with Gasteiger partial charge >= 0.3 is 0 Å². The van der Waals surface area contributed by atoms with Crippen LogP contribution in [0.2, 0.25) is 0 Å². The van der Waals surface area contributed by atoms with Crippen molar-refractivity contribution in [1.29, 1.82) is 0 Å². The number of hydrogen-bond donors (Lipinski definition) is 1. The number of anilines is 1. The third kappa shape index (κ3) is 4.04. The molecule has 0 radical (unpaired) electrons. The van der Waals surface area contributed by atoms with Gasteiger partial charge in [-0.3, -0.25) is 0 Å². The van der Waals surface area contributed by atoms with E-state index < -0.39 is 0 Å². The van der Waals surface area contributed by atoms with Crippen molar-refractivity contribution in [3.63, 3.8) is 0 Å². The average Bonchev–Trinajstić information content (AvgIpc) is 2.77. The Balaban J connectivity index is 1.32. The Bertz CT molecular complexity index is 1000. The number of nitrogens with one attached hydrogen (secondary N) is 1. The lowest BCUT2D eigenvalue weighted by atomic mass is 9.97. The van der Waals surface area contributed by atoms with Gasteiger partial charge in [-0.1, -0.05) is 60.7 Å². The van der Waals surface area contributed by atoms with Crippen molar-refractivity contribution in [2.45, 2.75) is 6.42 Å². The third-order valence-corrected chi connectivity index (χ3v) is 5.16. The minimum atomic E-state index is 0.892. The third-order valence-electron chi connectivity index (χ3n) is 5.16. The van der Waals surface area contributed by atoms with Crippen LogP contribution >= 0.6 is 0 Å². The number of hydrogen-bond acceptors (Lipinski definition) is 3. The minimum Gasteiger partial charge on any atom is -0.495 e. The molecule has 1 aliphatic rings. The van der Waals surface area contributed by atoms with Gasteiger partial charge in [-0.2, -0.15) is 0 Å². The van der Waals surface area contributed by atoms with E-state index in [2.05, 4.69) is 77.1 Å². The van der Waals surface area contributed by atoms with Crippen LogP contribution in [-0.4, -0.2) is 31.6 Å². The number of fused-ring (bicyclic) bond motifs is 1. The van der Waals surface area contributed by atoms with Crippen molar-refractivity contribution in [3.05, 3.63) is 90.6 Å². The van der Waals surface area contributed by atoms with E-state index in [1.807, 2.05) is 18.2 Å². The number of methoxy groups -OCH3 is 1. The van der Waals surface area contributed by atoms with Gasteiger partial charge in [0.15, 0.2) is 0 Å². The number of nitrogens with zero attached hydrogens (tertiary/aromatic N) is 1. The van der Waals surface area contributed by atoms with E-state index in [-0.39, 0.29) is 0 Å². The zero-order valence-corrected chi connectivity index (χ0v) is 16.3. The smallest absolute Gasteiger partial charge is 0.141 e. The Labute approximate surface area is 166 Å². The summed E-state index contributed by atoms with van der Waals surface area (Å²) in [6, 6.07) is 23.2. The Hall–Kier alpha value is -3.20. The number of ether oxygens (including phenoxy) is 1. The number of allylic oxidation sites excluding steroid dienone is 2. The molecule has 0 unspecified atom stereocenters. The minimum absolute atomic E-state index is 0.892. The fourth-order valence-electron chi connectivity index (χ4n) is 3.67. The molecule has 0 saturated heterocycles. The highest BCUT2D eigenvalue weighted by Gasteiger charge is 2.09. The molecular weight excluding hydrogens is 344 g/mol. The van der Waals surface area contributed by atoms with Crippen LogP contribution in [0.3, 0.4) is 0 Å². The first-order valence-electron chi connectivity index (χ1n) is 9.82. The zero-order chi connectivity index (χ0) is 19.2. The maximum Gasteiger partial charge on any atom is 0.141 e. The molecule has 0 spiro atoms. The predicted octanol–water partition coefficient (Wildman–Crippen LogP) is 5.56. The van der Waals surface area contributed by atoms with Gasteiger partial charge in [0.25, 0.3) is 0 Å². The van der Waals surface area contributed by atoms with Crippen LogP contribution in [-0.2, 0) is 0 Å². The predicted molar refractivity (Wildman–Crippen MR) is 119 cm³/mol. The van der Waals surface area contributed by atoms with Crippen molar-refractivity contribution < 1.29 is 4.74 Å². The van der Waals surface area contributed by atoms with Crippen LogP contribution in [0.4, 0.5) is 5.69 Å². The van der Waals surface area contributed by atoms with E-state index in [1.54, 1.807) is 7.11 Å². The second kappa shape index (κ2) is 8.66. The van der Waals surface area contributed by atoms with Gasteiger partial charge in [0, 0.05) is 19.6 Å². The summed E-state index contributed by atoms with van der Waals surface area (Å²) in [5, 5.41) is 6.07. The first-order valence-corrected chi connectivity index (χ1v) is 9.82. The molecule has 1 N–H and O–H groups in total. The highest BCUT2D eigenvalue weighted by molar-refractivity contribution is 5.96. The molecule has 3 aromatic carbocycles. The zero-order valence-electron chi connectivity index (χ0n) is 16.3. The molecule has 3 aromatic rings. The van der Waals surface area contributed by atoms with E-state index in [9.17, 15) is 0 Å². The van der Waals surface area contributed by atoms with Crippen molar-refractivity contribution in [3.8, 4) is 5.75 Å². The Morgan fingerprint density at radius 1 is 0.964 bits per heavy atom. The molecule has 3 nitrogen and oxygen atoms in total. The Morgan fingerprint density at radius 3 is 2.64 bits per heavy atom. The van der Waals surface area contributed by atoms with Gasteiger partial charge in [-0.25, -0.2) is 0 Å². The molecule has 0 bridgehead atoms. The highest BCUT2D eigenvalue weighted by Crippen LogP contribution is 2.27. The van der Waals surface area contributed by atoms with Crippen molar-refractivity contribution in [2.24, 2.45) is 0 Å². The van der Waals surface area contributed by atoms with Crippen LogP contribution in [0.15, 0.2) is 85.1 Å². The summed E-state index contributed by atoms with van der Waals surface area (Å²) in [4.78, 5) is 2.36. The second-order valence-electron chi connectivity index (χ2n) is 6.98. The van der Waals surface area contributed by atoms with Gasteiger partial charge in [-0.15, -0.1) is 0 Å². The van der Waals surface area contributed by atoms with Gasteiger partial charge in [-0.05, 0) is 52.7 Å². The molecular formula is C25H26N2O. The lowest BCUT2D eigenvalue weighted by Crippen LogP contribution is -2.22. The summed E-state index contributed by atoms with van der Waals surface area (Å²) in [7, 11) is 1.71. The van der Waals surface area contributed by atoms with Crippen LogP contribution in [0.25, 0.3) is 16.3 Å². The average molecular weight is 370 g/mol. The molecule has 1 aliphatic heterocycles. The highest BCUT2D eigenvalue weighted by atomic mass is 16.5. The Kier molecular flexibility index (Phi) is 5.62. The molecule has 1 heterocycles. The van der Waals surface area contributed by atoms with E-state index in [0.717, 1.165) is 37.5 Å². The molecule has 0 aliphatic carbocycles. The molecule has 0 aromatic heterocycles. The van der Waals surface area contributed by atoms with Gasteiger partial charge in [0.05, 0.1) is 12.8 Å². The van der Waals surface area contributed by atoms with E-state index in [1.165, 1.54) is 21.9 Å². The van der Waals surface area contributed by atoms with Crippen molar-refractivity contribution in [1.82, 2.24) is 4.90 Å². The van der Waals surface area contributed by atoms with Crippen LogP contribution in [0.5, 0.6) is 5.75 Å². The lowest BCUT2D eigenvalue weighted by Gasteiger charge is -2.23. The first kappa shape index (κ1) is 18.2. The second-order valence-corrected chi connectivity index (χ2v) is 6.98. The van der Waals surface area contributed by atoms with E-state index in [4.69, 9.17) is 4.74 Å². The molecule has 28 heavy (non-hydrogen) atoms. The monoisotopic (exact) mass is 370 g/mol. The topological polar surface area (TPSA) is 24.5 Å². The maximum atomic E-state index is 5.38. The van der Waals surface area contributed by atoms with Gasteiger partial charge < -0.3 is 15.0 Å². The van der Waals surface area contributed by atoms with Crippen LogP contribution < -0.4 is 10.1 Å². The summed E-state index contributed by atoms with van der Waals surface area (Å²) in [5.41, 5.74) is 3.67. The van der Waals surface area contributed by atoms with Crippen LogP contribution in [0, 0.1) is 0 Å². The molecule has 0 fully saturated rings. The summed E-state index contributed by atoms with van der Waals surface area (Å²) in [6.07, 6.45) is 7.86. The first-order chi connectivity index (χ1) is 13.8. The molecule has 3 heteroatoms. The van der Waals surface area contributed by atoms with Gasteiger partial charge in [0.1, 0.15) is 5.75 Å². The van der Waals surface area contributed by atoms with E-state index >= 15 is 0 Å². The number of rotatable bonds is 7. The van der Waals surface area contributed by atoms with Crippen LogP contribution in [0.1, 0.15) is 12.0 Å². The molecule has 142 valence electrons. The SMILES string of the molecule is COc1ccccc1NCCCN1C=CC(c2cccc3ccccc23)=CC1. The van der Waals surface area contributed by atoms with Gasteiger partial charge in [0.2, 0.25) is 0 Å². The van der Waals surface area contributed by atoms with Crippen molar-refractivity contribution >= 4 is 22.0 Å². The van der Waals surface area contributed by atoms with Crippen molar-refractivity contribution in [2.75, 3.05) is 32.1 Å². The molecule has 0 saturated carbocycles. The largest absolute Gasteiger partial charge is 0.495 e. The number of para-hydroxylation sites is 2. The summed E-state index contributed by atoms with van der Waals surface area (Å²) in [5.74, 6) is 0.892. The maximum absolute atomic E-state index is 5.38. The lowest BCUT2D eigenvalue weighted by molar-refractivity contribution is 0.407. The molecule has 0 amide bonds. The summed E-state index contributed by atoms with van der Waals surface area (Å²) >= 11 is 0. The van der Waals surface area contributed by atoms with E-state index in [0.29, 0.717) is 0 Å². The molecule has 0 atom stereocenters. The summed E-state index contributed by atoms with van der Waals surface area (Å²) in [6.45, 7) is 2.90. The standard InChI is InChI=1S/C25H26N2O/c1-28-25-13-5-4-12-24(25)26-16-7-17-27-18-14-21(15-19-27)23-11-6-9-20-8-2-3-10-22(20)23/h2-6,8-15,18,26H,7,16-17,19H2,1H3. The normalized spacial score (nSPS) is 13.5. The quantitative estimate of drug-likeness (QED) is 0.551. The Morgan fingerprint density at radius 2 is 1.79 bits per heavy atom. The number of benzene rings is 3. The fraction of sp³-hybridized carbons (Fsp3) is 0.200.